The topological polar surface area (TPSA) is 259 Å². The molecule has 18 nitrogen and oxygen atoms in total. The zero-order chi connectivity index (χ0) is 45.0. The molecule has 0 aliphatic heterocycles. The van der Waals surface area contributed by atoms with Crippen molar-refractivity contribution in [1.82, 2.24) is 35.5 Å². The monoisotopic (exact) mass is 863 g/mol. The molecule has 1 aliphatic rings. The first-order chi connectivity index (χ1) is 29.6. The number of aromatic nitrogens is 4. The van der Waals surface area contributed by atoms with Crippen LogP contribution in [-0.4, -0.2) is 116 Å². The van der Waals surface area contributed by atoms with Crippen LogP contribution in [0.5, 0.6) is 0 Å². The SMILES string of the molecule is CCC(=O)N[C@H]1C[C@@H](n2cnc3c(NCC(c4ccccc4)c4ccccc4)nc(C(=O)NCCNC(=O)Nc4ccc(C(=O)OC)cc4)nc32)[C@H](O)[C@@H]1O.O=C(O)C(F)(F)F. The maximum Gasteiger partial charge on any atom is 0.490 e. The minimum Gasteiger partial charge on any atom is -0.475 e. The lowest BCUT2D eigenvalue weighted by molar-refractivity contribution is -0.192. The summed E-state index contributed by atoms with van der Waals surface area (Å²) >= 11 is 0. The number of urea groups is 1. The van der Waals surface area contributed by atoms with Crippen molar-refractivity contribution in [2.24, 2.45) is 0 Å². The van der Waals surface area contributed by atoms with Gasteiger partial charge in [-0.15, -0.1) is 0 Å². The van der Waals surface area contributed by atoms with Gasteiger partial charge in [0.1, 0.15) is 17.7 Å². The molecule has 21 heteroatoms. The Bertz CT molecular complexity index is 2290. The Labute approximate surface area is 351 Å². The Morgan fingerprint density at radius 3 is 2.03 bits per heavy atom. The van der Waals surface area contributed by atoms with Crippen LogP contribution < -0.4 is 26.6 Å². The maximum absolute atomic E-state index is 13.5. The van der Waals surface area contributed by atoms with Gasteiger partial charge in [0.2, 0.25) is 11.7 Å². The average Bonchev–Trinajstić information content (AvgIpc) is 3.81. The van der Waals surface area contributed by atoms with E-state index in [1.165, 1.54) is 25.6 Å². The summed E-state index contributed by atoms with van der Waals surface area (Å²) in [7, 11) is 1.28. The largest absolute Gasteiger partial charge is 0.490 e. The number of aliphatic hydroxyl groups excluding tert-OH is 2. The standard InChI is InChI=1S/C39H43N9O7.C2HF3O2/c1-3-30(49)45-28-20-29(33(51)32(28)50)48-22-43-31-34(42-21-27(23-10-6-4-7-11-23)24-12-8-5-9-13-24)46-35(47-36(31)48)37(52)40-18-19-41-39(54)44-26-16-14-25(15-17-26)38(53)55-2;3-2(4,5)1(6)7/h4-17,22,27-29,32-33,50-51H,3,18-21H2,1-2H3,(H,40,52)(H,45,49)(H2,41,44,54)(H,42,46,47);(H,6,7)/t28-,29+,32+,33-;/m0./s1. The Hall–Kier alpha value is -7.13. The number of halogens is 3. The number of fused-ring (bicyclic) bond motifs is 1. The number of nitrogens with zero attached hydrogens (tertiary/aromatic N) is 4. The van der Waals surface area contributed by atoms with E-state index in [9.17, 15) is 42.6 Å². The maximum atomic E-state index is 13.5. The van der Waals surface area contributed by atoms with Crippen LogP contribution in [0, 0.1) is 0 Å². The fourth-order valence-electron chi connectivity index (χ4n) is 6.53. The van der Waals surface area contributed by atoms with Gasteiger partial charge in [-0.05, 0) is 41.8 Å². The molecule has 328 valence electrons. The molecule has 4 amide bonds. The third-order valence-corrected chi connectivity index (χ3v) is 9.68. The van der Waals surface area contributed by atoms with Crippen LogP contribution in [0.25, 0.3) is 11.2 Å². The van der Waals surface area contributed by atoms with Gasteiger partial charge in [-0.25, -0.2) is 29.3 Å². The highest BCUT2D eigenvalue weighted by molar-refractivity contribution is 5.95. The minimum atomic E-state index is -5.08. The zero-order valence-electron chi connectivity index (χ0n) is 33.3. The van der Waals surface area contributed by atoms with E-state index < -0.39 is 54.3 Å². The van der Waals surface area contributed by atoms with E-state index in [1.807, 2.05) is 60.7 Å². The van der Waals surface area contributed by atoms with Gasteiger partial charge in [0, 0.05) is 37.7 Å². The van der Waals surface area contributed by atoms with Crippen molar-refractivity contribution in [2.45, 2.75) is 56.2 Å². The Balaban J connectivity index is 0.000000955. The first-order valence-corrected chi connectivity index (χ1v) is 19.2. The van der Waals surface area contributed by atoms with Gasteiger partial charge < -0.3 is 51.2 Å². The molecule has 0 saturated heterocycles. The van der Waals surface area contributed by atoms with Gasteiger partial charge in [-0.2, -0.15) is 13.2 Å². The molecular formula is C41H44F3N9O9. The summed E-state index contributed by atoms with van der Waals surface area (Å²) in [5.41, 5.74) is 3.51. The summed E-state index contributed by atoms with van der Waals surface area (Å²) < 4.78 is 38.0. The van der Waals surface area contributed by atoms with E-state index in [2.05, 4.69) is 46.3 Å². The molecule has 2 aromatic heterocycles. The van der Waals surface area contributed by atoms with Crippen LogP contribution >= 0.6 is 0 Å². The second kappa shape index (κ2) is 20.9. The minimum absolute atomic E-state index is 0.0351. The van der Waals surface area contributed by atoms with Gasteiger partial charge in [-0.1, -0.05) is 67.6 Å². The number of alkyl halides is 3. The molecule has 3 aromatic carbocycles. The third kappa shape index (κ3) is 11.8. The van der Waals surface area contributed by atoms with E-state index in [0.29, 0.717) is 23.3 Å². The number of aliphatic hydroxyl groups is 2. The molecule has 0 unspecified atom stereocenters. The summed E-state index contributed by atoms with van der Waals surface area (Å²) in [6.07, 6.45) is -5.68. The van der Waals surface area contributed by atoms with Crippen LogP contribution in [-0.2, 0) is 14.3 Å². The molecule has 5 aromatic rings. The number of hydrogen-bond acceptors (Lipinski definition) is 12. The van der Waals surface area contributed by atoms with Crippen molar-refractivity contribution >= 4 is 52.5 Å². The number of benzene rings is 3. The molecule has 0 spiro atoms. The highest BCUT2D eigenvalue weighted by Crippen LogP contribution is 2.34. The first-order valence-electron chi connectivity index (χ1n) is 19.2. The van der Waals surface area contributed by atoms with E-state index in [4.69, 9.17) is 9.90 Å². The number of carboxylic acids is 1. The number of methoxy groups -OCH3 is 1. The van der Waals surface area contributed by atoms with Gasteiger partial charge in [0.15, 0.2) is 11.5 Å². The number of carbonyl (C=O) groups is 5. The van der Waals surface area contributed by atoms with E-state index >= 15 is 0 Å². The molecule has 2 heterocycles. The average molecular weight is 864 g/mol. The number of aliphatic carboxylic acids is 1. The van der Waals surface area contributed by atoms with Crippen LogP contribution in [0.15, 0.2) is 91.3 Å². The van der Waals surface area contributed by atoms with Crippen LogP contribution in [0.1, 0.15) is 63.8 Å². The number of esters is 1. The van der Waals surface area contributed by atoms with E-state index in [-0.39, 0.29) is 55.0 Å². The summed E-state index contributed by atoms with van der Waals surface area (Å²) in [4.78, 5) is 72.5. The predicted octanol–water partition coefficient (Wildman–Crippen LogP) is 3.60. The highest BCUT2D eigenvalue weighted by atomic mass is 19.4. The first kappa shape index (κ1) is 45.9. The summed E-state index contributed by atoms with van der Waals surface area (Å²) in [6, 6.07) is 24.2. The van der Waals surface area contributed by atoms with Crippen LogP contribution in [0.3, 0.4) is 0 Å². The predicted molar refractivity (Wildman–Crippen MR) is 217 cm³/mol. The number of rotatable bonds is 14. The molecular weight excluding hydrogens is 819 g/mol. The Morgan fingerprint density at radius 2 is 1.47 bits per heavy atom. The Morgan fingerprint density at radius 1 is 0.871 bits per heavy atom. The Kier molecular flexibility index (Phi) is 15.5. The fourth-order valence-corrected chi connectivity index (χ4v) is 6.53. The molecule has 0 bridgehead atoms. The van der Waals surface area contributed by atoms with Gasteiger partial charge in [0.25, 0.3) is 5.91 Å². The van der Waals surface area contributed by atoms with E-state index in [0.717, 1.165) is 11.1 Å². The summed E-state index contributed by atoms with van der Waals surface area (Å²) in [5, 5.41) is 43.3. The number of amides is 4. The van der Waals surface area contributed by atoms with Gasteiger partial charge in [0.05, 0.1) is 31.1 Å². The van der Waals surface area contributed by atoms with Crippen LogP contribution in [0.2, 0.25) is 0 Å². The van der Waals surface area contributed by atoms with Crippen molar-refractivity contribution in [3.63, 3.8) is 0 Å². The summed E-state index contributed by atoms with van der Waals surface area (Å²) in [6.45, 7) is 2.18. The lowest BCUT2D eigenvalue weighted by atomic mass is 9.91. The van der Waals surface area contributed by atoms with Crippen LogP contribution in [0.4, 0.5) is 29.5 Å². The number of nitrogens with one attached hydrogen (secondary N) is 5. The normalized spacial score (nSPS) is 17.0. The molecule has 1 saturated carbocycles. The number of ether oxygens (including phenoxy) is 1. The second-order valence-corrected chi connectivity index (χ2v) is 13.8. The molecule has 6 rings (SSSR count). The number of carbonyl (C=O) groups excluding carboxylic acids is 4. The lowest BCUT2D eigenvalue weighted by Gasteiger charge is -2.20. The fraction of sp³-hybridized carbons (Fsp3) is 0.317. The van der Waals surface area contributed by atoms with Crippen molar-refractivity contribution < 1.29 is 57.2 Å². The number of anilines is 2. The lowest BCUT2D eigenvalue weighted by Crippen LogP contribution is -2.42. The second-order valence-electron chi connectivity index (χ2n) is 13.8. The molecule has 1 fully saturated rings. The number of hydrogen-bond donors (Lipinski definition) is 8. The number of imidazole rings is 1. The zero-order valence-corrected chi connectivity index (χ0v) is 33.3. The molecule has 1 aliphatic carbocycles. The van der Waals surface area contributed by atoms with E-state index in [1.54, 1.807) is 23.6 Å². The third-order valence-electron chi connectivity index (χ3n) is 9.68. The molecule has 4 atom stereocenters. The molecule has 0 radical (unpaired) electrons. The quantitative estimate of drug-likeness (QED) is 0.0587. The van der Waals surface area contributed by atoms with Crippen molar-refractivity contribution in [3.05, 3.63) is 114 Å². The number of carboxylic acid groups (broad SMARTS) is 1. The van der Waals surface area contributed by atoms with Crippen molar-refractivity contribution in [1.29, 1.82) is 0 Å². The molecule has 8 N–H and O–H groups in total. The van der Waals surface area contributed by atoms with Gasteiger partial charge in [-0.3, -0.25) is 9.59 Å². The van der Waals surface area contributed by atoms with Crippen molar-refractivity contribution in [2.75, 3.05) is 37.4 Å². The molecule has 62 heavy (non-hydrogen) atoms. The van der Waals surface area contributed by atoms with Gasteiger partial charge >= 0.3 is 24.1 Å². The highest BCUT2D eigenvalue weighted by Gasteiger charge is 2.44. The smallest absolute Gasteiger partial charge is 0.475 e. The van der Waals surface area contributed by atoms with Crippen molar-refractivity contribution in [3.8, 4) is 0 Å². The summed E-state index contributed by atoms with van der Waals surface area (Å²) in [5.74, 6) is -4.13.